The molecular formula is C5H10ClNO3. The first-order valence-corrected chi connectivity index (χ1v) is 2.82. The van der Waals surface area contributed by atoms with Crippen molar-refractivity contribution in [3.05, 3.63) is 0 Å². The largest absolute Gasteiger partial charge is 0.479 e. The maximum absolute atomic E-state index is 10.2. The molecular weight excluding hydrogens is 158 g/mol. The van der Waals surface area contributed by atoms with E-state index in [1.165, 1.54) is 0 Å². The second kappa shape index (κ2) is 3.75. The number of halogens is 1. The van der Waals surface area contributed by atoms with Crippen molar-refractivity contribution >= 4 is 18.4 Å². The lowest BCUT2D eigenvalue weighted by Gasteiger charge is -2.06. The third kappa shape index (κ3) is 1.83. The fourth-order valence-corrected chi connectivity index (χ4v) is 0.860. The second-order valence-corrected chi connectivity index (χ2v) is 2.08. The SMILES string of the molecule is Cl.N[C@@H]1CCO[C@@H]1C(=O)O. The number of aliphatic carboxylic acids is 1. The summed E-state index contributed by atoms with van der Waals surface area (Å²) in [6.45, 7) is 0.470. The van der Waals surface area contributed by atoms with Crippen molar-refractivity contribution in [2.24, 2.45) is 5.73 Å². The van der Waals surface area contributed by atoms with Crippen LogP contribution in [0.3, 0.4) is 0 Å². The minimum atomic E-state index is -0.958. The molecule has 2 atom stereocenters. The molecule has 0 unspecified atom stereocenters. The van der Waals surface area contributed by atoms with Crippen molar-refractivity contribution < 1.29 is 14.6 Å². The zero-order valence-electron chi connectivity index (χ0n) is 5.32. The fourth-order valence-electron chi connectivity index (χ4n) is 0.860. The normalized spacial score (nSPS) is 31.3. The van der Waals surface area contributed by atoms with Gasteiger partial charge in [-0.2, -0.15) is 0 Å². The molecule has 1 fully saturated rings. The summed E-state index contributed by atoms with van der Waals surface area (Å²) in [7, 11) is 0. The molecule has 0 aromatic carbocycles. The molecule has 5 heteroatoms. The highest BCUT2D eigenvalue weighted by molar-refractivity contribution is 5.85. The quantitative estimate of drug-likeness (QED) is 0.558. The molecule has 0 aromatic heterocycles. The van der Waals surface area contributed by atoms with Gasteiger partial charge in [-0.15, -0.1) is 12.4 Å². The maximum atomic E-state index is 10.2. The van der Waals surface area contributed by atoms with Crippen LogP contribution in [0, 0.1) is 0 Å². The first-order chi connectivity index (χ1) is 4.22. The van der Waals surface area contributed by atoms with E-state index in [2.05, 4.69) is 0 Å². The molecule has 10 heavy (non-hydrogen) atoms. The molecule has 1 saturated heterocycles. The number of rotatable bonds is 1. The molecule has 0 saturated carbocycles. The summed E-state index contributed by atoms with van der Waals surface area (Å²) < 4.78 is 4.80. The van der Waals surface area contributed by atoms with E-state index in [-0.39, 0.29) is 18.4 Å². The van der Waals surface area contributed by atoms with Gasteiger partial charge in [0, 0.05) is 12.6 Å². The predicted molar refractivity (Wildman–Crippen MR) is 37.2 cm³/mol. The Morgan fingerprint density at radius 2 is 2.30 bits per heavy atom. The number of hydrogen-bond acceptors (Lipinski definition) is 3. The molecule has 0 amide bonds. The van der Waals surface area contributed by atoms with Gasteiger partial charge >= 0.3 is 5.97 Å². The van der Waals surface area contributed by atoms with Crippen LogP contribution in [-0.4, -0.2) is 29.8 Å². The van der Waals surface area contributed by atoms with Crippen LogP contribution in [0.25, 0.3) is 0 Å². The van der Waals surface area contributed by atoms with Gasteiger partial charge in [0.1, 0.15) is 0 Å². The second-order valence-electron chi connectivity index (χ2n) is 2.08. The monoisotopic (exact) mass is 167 g/mol. The summed E-state index contributed by atoms with van der Waals surface area (Å²) in [6, 6.07) is -0.317. The van der Waals surface area contributed by atoms with Gasteiger partial charge < -0.3 is 15.6 Å². The lowest BCUT2D eigenvalue weighted by molar-refractivity contribution is -0.147. The minimum absolute atomic E-state index is 0. The Bertz CT molecular complexity index is 130. The summed E-state index contributed by atoms with van der Waals surface area (Å²) in [6.07, 6.45) is -0.123. The standard InChI is InChI=1S/C5H9NO3.ClH/c6-3-1-2-9-4(3)5(7)8;/h3-4H,1-2,6H2,(H,7,8);1H/t3-,4+;/m1./s1. The smallest absolute Gasteiger partial charge is 0.334 e. The first kappa shape index (κ1) is 9.68. The average molecular weight is 168 g/mol. The number of carboxylic acid groups (broad SMARTS) is 1. The van der Waals surface area contributed by atoms with E-state index in [0.29, 0.717) is 13.0 Å². The van der Waals surface area contributed by atoms with Crippen LogP contribution < -0.4 is 5.73 Å². The van der Waals surface area contributed by atoms with Crippen LogP contribution in [0.15, 0.2) is 0 Å². The van der Waals surface area contributed by atoms with Gasteiger partial charge in [-0.1, -0.05) is 0 Å². The van der Waals surface area contributed by atoms with Gasteiger partial charge in [-0.05, 0) is 6.42 Å². The van der Waals surface area contributed by atoms with E-state index in [4.69, 9.17) is 15.6 Å². The van der Waals surface area contributed by atoms with E-state index in [9.17, 15) is 4.79 Å². The molecule has 1 rings (SSSR count). The summed E-state index contributed by atoms with van der Waals surface area (Å²) in [4.78, 5) is 10.2. The van der Waals surface area contributed by atoms with Crippen LogP contribution in [-0.2, 0) is 9.53 Å². The van der Waals surface area contributed by atoms with Gasteiger partial charge in [0.15, 0.2) is 6.10 Å². The third-order valence-corrected chi connectivity index (χ3v) is 1.38. The van der Waals surface area contributed by atoms with Gasteiger partial charge in [0.05, 0.1) is 0 Å². The molecule has 0 aromatic rings. The molecule has 0 aliphatic carbocycles. The Hall–Kier alpha value is -0.320. The van der Waals surface area contributed by atoms with Crippen molar-refractivity contribution in [2.45, 2.75) is 18.6 Å². The van der Waals surface area contributed by atoms with Crippen molar-refractivity contribution in [1.82, 2.24) is 0 Å². The van der Waals surface area contributed by atoms with Crippen LogP contribution in [0.4, 0.5) is 0 Å². The van der Waals surface area contributed by atoms with Gasteiger partial charge in [0.25, 0.3) is 0 Å². The summed E-state index contributed by atoms with van der Waals surface area (Å²) >= 11 is 0. The Morgan fingerprint density at radius 3 is 2.50 bits per heavy atom. The number of hydrogen-bond donors (Lipinski definition) is 2. The molecule has 4 nitrogen and oxygen atoms in total. The van der Waals surface area contributed by atoms with Crippen molar-refractivity contribution in [1.29, 1.82) is 0 Å². The maximum Gasteiger partial charge on any atom is 0.334 e. The highest BCUT2D eigenvalue weighted by Gasteiger charge is 2.30. The number of ether oxygens (including phenoxy) is 1. The summed E-state index contributed by atoms with van der Waals surface area (Å²) in [5, 5.41) is 8.38. The van der Waals surface area contributed by atoms with Crippen molar-refractivity contribution in [3.8, 4) is 0 Å². The lowest BCUT2D eigenvalue weighted by atomic mass is 10.2. The van der Waals surface area contributed by atoms with E-state index in [1.807, 2.05) is 0 Å². The minimum Gasteiger partial charge on any atom is -0.479 e. The number of carbonyl (C=O) groups is 1. The molecule has 0 radical (unpaired) electrons. The lowest BCUT2D eigenvalue weighted by Crippen LogP contribution is -2.36. The van der Waals surface area contributed by atoms with Crippen LogP contribution in [0.1, 0.15) is 6.42 Å². The summed E-state index contributed by atoms with van der Waals surface area (Å²) in [5.74, 6) is -0.958. The zero-order valence-corrected chi connectivity index (χ0v) is 6.13. The Balaban J connectivity index is 0.000000810. The Morgan fingerprint density at radius 1 is 1.70 bits per heavy atom. The summed E-state index contributed by atoms with van der Waals surface area (Å²) in [5.41, 5.74) is 5.37. The molecule has 1 aliphatic rings. The van der Waals surface area contributed by atoms with Crippen LogP contribution >= 0.6 is 12.4 Å². The topological polar surface area (TPSA) is 72.5 Å². The first-order valence-electron chi connectivity index (χ1n) is 2.82. The molecule has 1 heterocycles. The van der Waals surface area contributed by atoms with Gasteiger partial charge in [-0.3, -0.25) is 0 Å². The Labute approximate surface area is 64.8 Å². The molecule has 60 valence electrons. The van der Waals surface area contributed by atoms with Crippen molar-refractivity contribution in [3.63, 3.8) is 0 Å². The number of carboxylic acids is 1. The molecule has 1 aliphatic heterocycles. The number of nitrogens with two attached hydrogens (primary N) is 1. The van der Waals surface area contributed by atoms with E-state index in [0.717, 1.165) is 0 Å². The van der Waals surface area contributed by atoms with E-state index >= 15 is 0 Å². The van der Waals surface area contributed by atoms with Crippen LogP contribution in [0.5, 0.6) is 0 Å². The average Bonchev–Trinajstić information content (AvgIpc) is 2.13. The molecule has 3 N–H and O–H groups in total. The van der Waals surface area contributed by atoms with Gasteiger partial charge in [0.2, 0.25) is 0 Å². The highest BCUT2D eigenvalue weighted by Crippen LogP contribution is 2.10. The highest BCUT2D eigenvalue weighted by atomic mass is 35.5. The molecule has 0 spiro atoms. The fraction of sp³-hybridized carbons (Fsp3) is 0.800. The third-order valence-electron chi connectivity index (χ3n) is 1.38. The zero-order chi connectivity index (χ0) is 6.85. The van der Waals surface area contributed by atoms with E-state index in [1.54, 1.807) is 0 Å². The van der Waals surface area contributed by atoms with Crippen LogP contribution in [0.2, 0.25) is 0 Å². The predicted octanol–water partition coefficient (Wildman–Crippen LogP) is -0.391. The van der Waals surface area contributed by atoms with Gasteiger partial charge in [-0.25, -0.2) is 4.79 Å². The molecule has 0 bridgehead atoms. The van der Waals surface area contributed by atoms with Crippen molar-refractivity contribution in [2.75, 3.05) is 6.61 Å². The Kier molecular flexibility index (Phi) is 3.63. The van der Waals surface area contributed by atoms with E-state index < -0.39 is 12.1 Å².